The van der Waals surface area contributed by atoms with Crippen LogP contribution in [-0.2, 0) is 25.7 Å². The smallest absolute Gasteiger partial charge is 0.255 e. The molecule has 10 heteroatoms. The Balaban J connectivity index is 1.18. The van der Waals surface area contributed by atoms with Crippen molar-refractivity contribution in [2.24, 2.45) is 0 Å². The lowest BCUT2D eigenvalue weighted by atomic mass is 10.0. The van der Waals surface area contributed by atoms with Crippen LogP contribution in [0.2, 0.25) is 0 Å². The molecule has 4 rings (SSSR count). The fraction of sp³-hybridized carbons (Fsp3) is 0.583. The Bertz CT molecular complexity index is 934. The van der Waals surface area contributed by atoms with Crippen molar-refractivity contribution >= 4 is 35.4 Å². The van der Waals surface area contributed by atoms with E-state index in [9.17, 15) is 19.2 Å². The van der Waals surface area contributed by atoms with Gasteiger partial charge in [0.15, 0.2) is 0 Å². The molecule has 34 heavy (non-hydrogen) atoms. The molecule has 184 valence electrons. The summed E-state index contributed by atoms with van der Waals surface area (Å²) in [7, 11) is 0. The molecule has 0 spiro atoms. The maximum atomic E-state index is 12.9. The number of ether oxygens (including phenoxy) is 1. The summed E-state index contributed by atoms with van der Waals surface area (Å²) >= 11 is 1.68. The van der Waals surface area contributed by atoms with Crippen molar-refractivity contribution in [3.05, 3.63) is 29.3 Å². The predicted molar refractivity (Wildman–Crippen MR) is 127 cm³/mol. The van der Waals surface area contributed by atoms with Crippen molar-refractivity contribution in [1.29, 1.82) is 0 Å². The van der Waals surface area contributed by atoms with Gasteiger partial charge in [-0.2, -0.15) is 0 Å². The van der Waals surface area contributed by atoms with E-state index in [0.717, 1.165) is 61.9 Å². The van der Waals surface area contributed by atoms with E-state index in [1.54, 1.807) is 22.7 Å². The third-order valence-corrected chi connectivity index (χ3v) is 7.64. The lowest BCUT2D eigenvalue weighted by molar-refractivity contribution is -0.137. The number of carbonyl (C=O) groups excluding carboxylic acids is 4. The number of unbranched alkanes of at least 4 members (excludes halogenated alkanes) is 1. The van der Waals surface area contributed by atoms with Crippen LogP contribution in [0.1, 0.15) is 48.0 Å². The van der Waals surface area contributed by atoms with Gasteiger partial charge in [0.25, 0.3) is 5.91 Å². The Labute approximate surface area is 203 Å². The number of hydrogen-bond acceptors (Lipinski definition) is 7. The number of hydrogen-bond donors (Lipinski definition) is 2. The number of amides is 4. The third-order valence-electron chi connectivity index (χ3n) is 6.45. The number of fused-ring (bicyclic) bond motifs is 1. The van der Waals surface area contributed by atoms with Crippen LogP contribution in [0, 0.1) is 0 Å². The molecule has 9 nitrogen and oxygen atoms in total. The summed E-state index contributed by atoms with van der Waals surface area (Å²) in [6.45, 7) is 5.29. The van der Waals surface area contributed by atoms with Crippen molar-refractivity contribution in [3.63, 3.8) is 0 Å². The summed E-state index contributed by atoms with van der Waals surface area (Å²) in [5.41, 5.74) is 1.58. The minimum Gasteiger partial charge on any atom is -0.379 e. The molecule has 0 bridgehead atoms. The summed E-state index contributed by atoms with van der Waals surface area (Å²) in [6.07, 6.45) is 2.83. The molecule has 3 aliphatic rings. The van der Waals surface area contributed by atoms with Crippen LogP contribution in [0.15, 0.2) is 23.1 Å². The summed E-state index contributed by atoms with van der Waals surface area (Å²) < 4.78 is 5.33. The summed E-state index contributed by atoms with van der Waals surface area (Å²) in [6, 6.07) is 5.07. The monoisotopic (exact) mass is 488 g/mol. The lowest BCUT2D eigenvalue weighted by Gasteiger charge is -2.29. The summed E-state index contributed by atoms with van der Waals surface area (Å²) in [4.78, 5) is 53.6. The van der Waals surface area contributed by atoms with E-state index in [0.29, 0.717) is 31.5 Å². The predicted octanol–water partition coefficient (Wildman–Crippen LogP) is 1.16. The van der Waals surface area contributed by atoms with E-state index in [1.807, 2.05) is 12.1 Å². The maximum absolute atomic E-state index is 12.9. The largest absolute Gasteiger partial charge is 0.379 e. The van der Waals surface area contributed by atoms with Gasteiger partial charge in [-0.15, -0.1) is 11.8 Å². The zero-order chi connectivity index (χ0) is 23.9. The highest BCUT2D eigenvalue weighted by Gasteiger charge is 2.39. The van der Waals surface area contributed by atoms with E-state index in [4.69, 9.17) is 4.74 Å². The molecule has 0 aliphatic carbocycles. The number of piperidine rings is 1. The topological polar surface area (TPSA) is 108 Å². The standard InChI is InChI=1S/C24H32N4O5S/c29-21(25-9-10-27-11-13-33-14-12-27)6-1-2-15-34-20-5-3-4-17-18(20)16-28(24(17)32)19-7-8-22(30)26-23(19)31/h3-5,19H,1-2,6-16H2,(H,25,29)(H,26,30,31). The van der Waals surface area contributed by atoms with Gasteiger partial charge >= 0.3 is 0 Å². The second-order valence-corrected chi connectivity index (χ2v) is 9.93. The minimum absolute atomic E-state index is 0.0874. The number of morpholine rings is 1. The fourth-order valence-electron chi connectivity index (χ4n) is 4.53. The Morgan fingerprint density at radius 3 is 2.79 bits per heavy atom. The molecule has 3 aliphatic heterocycles. The molecule has 1 aromatic rings. The van der Waals surface area contributed by atoms with Crippen LogP contribution in [0.4, 0.5) is 0 Å². The lowest BCUT2D eigenvalue weighted by Crippen LogP contribution is -2.52. The van der Waals surface area contributed by atoms with Crippen molar-refractivity contribution in [3.8, 4) is 0 Å². The first kappa shape index (κ1) is 24.7. The quantitative estimate of drug-likeness (QED) is 0.289. The Morgan fingerprint density at radius 2 is 2.00 bits per heavy atom. The van der Waals surface area contributed by atoms with Crippen LogP contribution in [0.5, 0.6) is 0 Å². The van der Waals surface area contributed by atoms with Crippen LogP contribution >= 0.6 is 11.8 Å². The van der Waals surface area contributed by atoms with Gasteiger partial charge in [0.2, 0.25) is 17.7 Å². The van der Waals surface area contributed by atoms with E-state index in [2.05, 4.69) is 15.5 Å². The molecule has 0 radical (unpaired) electrons. The number of thioether (sulfide) groups is 1. The molecule has 2 saturated heterocycles. The van der Waals surface area contributed by atoms with E-state index in [1.165, 1.54) is 0 Å². The number of nitrogens with one attached hydrogen (secondary N) is 2. The average molecular weight is 489 g/mol. The number of nitrogens with zero attached hydrogens (tertiary/aromatic N) is 2. The van der Waals surface area contributed by atoms with Gasteiger partial charge in [0.05, 0.1) is 13.2 Å². The Hall–Kier alpha value is -2.43. The molecular formula is C24H32N4O5S. The van der Waals surface area contributed by atoms with Crippen LogP contribution in [-0.4, -0.2) is 84.6 Å². The van der Waals surface area contributed by atoms with Crippen molar-refractivity contribution < 1.29 is 23.9 Å². The first-order valence-corrected chi connectivity index (χ1v) is 13.0. The third kappa shape index (κ3) is 6.17. The number of benzene rings is 1. The van der Waals surface area contributed by atoms with Gasteiger partial charge in [0, 0.05) is 56.0 Å². The highest BCUT2D eigenvalue weighted by Crippen LogP contribution is 2.34. The number of carbonyl (C=O) groups is 4. The molecule has 3 heterocycles. The molecule has 0 aromatic heterocycles. The molecule has 0 saturated carbocycles. The highest BCUT2D eigenvalue weighted by atomic mass is 32.2. The first-order valence-electron chi connectivity index (χ1n) is 12.0. The van der Waals surface area contributed by atoms with Crippen LogP contribution < -0.4 is 10.6 Å². The van der Waals surface area contributed by atoms with Gasteiger partial charge in [-0.3, -0.25) is 29.4 Å². The normalized spacial score (nSPS) is 20.9. The zero-order valence-electron chi connectivity index (χ0n) is 19.3. The van der Waals surface area contributed by atoms with Gasteiger partial charge in [-0.25, -0.2) is 0 Å². The zero-order valence-corrected chi connectivity index (χ0v) is 20.2. The summed E-state index contributed by atoms with van der Waals surface area (Å²) in [5.74, 6) is 0.108. The molecular weight excluding hydrogens is 456 g/mol. The van der Waals surface area contributed by atoms with Gasteiger partial charge in [-0.1, -0.05) is 6.07 Å². The SMILES string of the molecule is O=C(CCCCSc1cccc2c1CN(C1CCC(=O)NC1=O)C2=O)NCCN1CCOCC1. The van der Waals surface area contributed by atoms with E-state index >= 15 is 0 Å². The fourth-order valence-corrected chi connectivity index (χ4v) is 5.62. The molecule has 2 N–H and O–H groups in total. The van der Waals surface area contributed by atoms with Crippen molar-refractivity contribution in [2.45, 2.75) is 49.6 Å². The number of imide groups is 1. The van der Waals surface area contributed by atoms with Gasteiger partial charge < -0.3 is 15.0 Å². The van der Waals surface area contributed by atoms with Crippen molar-refractivity contribution in [1.82, 2.24) is 20.4 Å². The minimum atomic E-state index is -0.600. The Kier molecular flexibility index (Phi) is 8.58. The highest BCUT2D eigenvalue weighted by molar-refractivity contribution is 7.99. The van der Waals surface area contributed by atoms with Gasteiger partial charge in [0.1, 0.15) is 6.04 Å². The van der Waals surface area contributed by atoms with Crippen molar-refractivity contribution in [2.75, 3.05) is 45.1 Å². The molecule has 1 aromatic carbocycles. The number of rotatable bonds is 10. The van der Waals surface area contributed by atoms with Crippen LogP contribution in [0.3, 0.4) is 0 Å². The molecule has 4 amide bonds. The molecule has 1 unspecified atom stereocenters. The first-order chi connectivity index (χ1) is 16.5. The molecule has 2 fully saturated rings. The van der Waals surface area contributed by atoms with E-state index < -0.39 is 11.9 Å². The van der Waals surface area contributed by atoms with Gasteiger partial charge in [-0.05, 0) is 42.7 Å². The maximum Gasteiger partial charge on any atom is 0.255 e. The van der Waals surface area contributed by atoms with E-state index in [-0.39, 0.29) is 24.1 Å². The second-order valence-electron chi connectivity index (χ2n) is 8.79. The average Bonchev–Trinajstić information content (AvgIpc) is 3.16. The Morgan fingerprint density at radius 1 is 1.18 bits per heavy atom. The second kappa shape index (κ2) is 11.8. The van der Waals surface area contributed by atoms with Crippen LogP contribution in [0.25, 0.3) is 0 Å². The molecule has 1 atom stereocenters. The summed E-state index contributed by atoms with van der Waals surface area (Å²) in [5, 5.41) is 5.33.